The number of hydrogen-bond acceptors (Lipinski definition) is 5. The number of carbonyl (C=O) groups excluding carboxylic acids is 1. The van der Waals surface area contributed by atoms with Crippen LogP contribution >= 0.6 is 15.9 Å². The van der Waals surface area contributed by atoms with Gasteiger partial charge in [-0.2, -0.15) is 0 Å². The maximum absolute atomic E-state index is 12.2. The molecular weight excluding hydrogens is 454 g/mol. The highest BCUT2D eigenvalue weighted by Gasteiger charge is 2.37. The van der Waals surface area contributed by atoms with Gasteiger partial charge in [0.2, 0.25) is 0 Å². The van der Waals surface area contributed by atoms with Crippen molar-refractivity contribution < 1.29 is 9.53 Å². The van der Waals surface area contributed by atoms with Crippen LogP contribution in [0.1, 0.15) is 35.0 Å². The predicted octanol–water partition coefficient (Wildman–Crippen LogP) is 6.24. The highest BCUT2D eigenvalue weighted by atomic mass is 79.9. The van der Waals surface area contributed by atoms with Crippen LogP contribution in [-0.2, 0) is 4.74 Å². The van der Waals surface area contributed by atoms with Gasteiger partial charge in [-0.25, -0.2) is 9.78 Å². The lowest BCUT2D eigenvalue weighted by Gasteiger charge is -2.29. The van der Waals surface area contributed by atoms with Crippen LogP contribution in [0.2, 0.25) is 0 Å². The number of hydrogen-bond donors (Lipinski definition) is 0. The molecule has 31 heavy (non-hydrogen) atoms. The zero-order chi connectivity index (χ0) is 22.3. The van der Waals surface area contributed by atoms with Crippen molar-refractivity contribution in [2.24, 2.45) is 0 Å². The largest absolute Gasteiger partial charge is 0.465 e. The van der Waals surface area contributed by atoms with Gasteiger partial charge in [0.05, 0.1) is 24.1 Å². The number of nitrogens with zero attached hydrogens (tertiary/aromatic N) is 3. The molecule has 2 heterocycles. The Hall–Kier alpha value is -2.86. The lowest BCUT2D eigenvalue weighted by atomic mass is 9.99. The Balaban J connectivity index is 1.78. The summed E-state index contributed by atoms with van der Waals surface area (Å²) in [7, 11) is 3.54. The Morgan fingerprint density at radius 3 is 2.45 bits per heavy atom. The molecule has 0 N–H and O–H groups in total. The molecule has 1 atom stereocenters. The molecule has 1 aliphatic rings. The molecule has 160 valence electrons. The second-order valence-electron chi connectivity index (χ2n) is 7.76. The Kier molecular flexibility index (Phi) is 5.75. The molecule has 0 saturated heterocycles. The summed E-state index contributed by atoms with van der Waals surface area (Å²) in [6.45, 7) is 6.36. The Labute approximate surface area is 191 Å². The van der Waals surface area contributed by atoms with Gasteiger partial charge in [-0.3, -0.25) is 0 Å². The van der Waals surface area contributed by atoms with Crippen LogP contribution < -0.4 is 9.80 Å². The van der Waals surface area contributed by atoms with E-state index in [1.807, 2.05) is 25.1 Å². The Morgan fingerprint density at radius 1 is 1.13 bits per heavy atom. The summed E-state index contributed by atoms with van der Waals surface area (Å²) in [6, 6.07) is 15.8. The van der Waals surface area contributed by atoms with Crippen molar-refractivity contribution in [1.29, 1.82) is 0 Å². The second-order valence-corrected chi connectivity index (χ2v) is 8.56. The number of halogens is 1. The number of pyridine rings is 1. The van der Waals surface area contributed by atoms with Crippen molar-refractivity contribution >= 4 is 39.1 Å². The van der Waals surface area contributed by atoms with E-state index >= 15 is 0 Å². The van der Waals surface area contributed by atoms with Gasteiger partial charge in [0, 0.05) is 17.2 Å². The zero-order valence-electron chi connectivity index (χ0n) is 18.4. The van der Waals surface area contributed by atoms with Crippen molar-refractivity contribution in [3.8, 4) is 11.1 Å². The summed E-state index contributed by atoms with van der Waals surface area (Å²) in [5, 5.41) is 0. The third-order valence-electron chi connectivity index (χ3n) is 5.97. The van der Waals surface area contributed by atoms with Crippen molar-refractivity contribution in [2.45, 2.75) is 33.4 Å². The first kappa shape index (κ1) is 21.4. The fraction of sp³-hybridized carbons (Fsp3) is 0.280. The Morgan fingerprint density at radius 2 is 1.81 bits per heavy atom. The van der Waals surface area contributed by atoms with Crippen LogP contribution in [0.3, 0.4) is 0 Å². The molecule has 0 amide bonds. The lowest BCUT2D eigenvalue weighted by Crippen LogP contribution is -2.38. The molecule has 4 rings (SSSR count). The summed E-state index contributed by atoms with van der Waals surface area (Å²) >= 11 is 3.69. The zero-order valence-corrected chi connectivity index (χ0v) is 20.0. The molecule has 0 saturated carbocycles. The first-order valence-electron chi connectivity index (χ1n) is 10.4. The molecule has 0 aliphatic carbocycles. The van der Waals surface area contributed by atoms with E-state index < -0.39 is 0 Å². The molecule has 0 radical (unpaired) electrons. The van der Waals surface area contributed by atoms with Crippen molar-refractivity contribution in [1.82, 2.24) is 4.98 Å². The normalized spacial score (nSPS) is 15.2. The van der Waals surface area contributed by atoms with Crippen molar-refractivity contribution in [3.63, 3.8) is 0 Å². The number of aromatic nitrogens is 1. The van der Waals surface area contributed by atoms with E-state index in [9.17, 15) is 4.79 Å². The van der Waals surface area contributed by atoms with E-state index in [2.05, 4.69) is 70.9 Å². The number of anilines is 3. The van der Waals surface area contributed by atoms with Crippen LogP contribution in [0.25, 0.3) is 11.1 Å². The van der Waals surface area contributed by atoms with Gasteiger partial charge in [-0.15, -0.1) is 0 Å². The standard InChI is InChI=1S/C25H26BrN3O2/c1-6-21-28(4)23-15(2)22(26)16(3)27-24(23)29(21)18-13-11-17(12-14-18)19-9-7-8-10-20(19)25(30)31-5/h7-14,21H,6H2,1-5H3. The average molecular weight is 480 g/mol. The monoisotopic (exact) mass is 479 g/mol. The van der Waals surface area contributed by atoms with Crippen molar-refractivity contribution in [3.05, 3.63) is 69.8 Å². The van der Waals surface area contributed by atoms with Crippen LogP contribution in [0.5, 0.6) is 0 Å². The minimum Gasteiger partial charge on any atom is -0.465 e. The predicted molar refractivity (Wildman–Crippen MR) is 129 cm³/mol. The first-order chi connectivity index (χ1) is 14.9. The summed E-state index contributed by atoms with van der Waals surface area (Å²) in [6.07, 6.45) is 1.14. The third-order valence-corrected chi connectivity index (χ3v) is 7.14. The lowest BCUT2D eigenvalue weighted by molar-refractivity contribution is 0.0601. The molecule has 2 aromatic carbocycles. The molecule has 6 heteroatoms. The fourth-order valence-electron chi connectivity index (χ4n) is 4.43. The van der Waals surface area contributed by atoms with Crippen LogP contribution in [0, 0.1) is 13.8 Å². The summed E-state index contributed by atoms with van der Waals surface area (Å²) in [5.41, 5.74) is 6.81. The average Bonchev–Trinajstić information content (AvgIpc) is 3.08. The number of benzene rings is 2. The number of carbonyl (C=O) groups is 1. The van der Waals surface area contributed by atoms with E-state index in [1.54, 1.807) is 6.07 Å². The van der Waals surface area contributed by atoms with Gasteiger partial charge in [0.1, 0.15) is 6.17 Å². The SMILES string of the molecule is CCC1N(C)c2c(nc(C)c(Br)c2C)N1c1ccc(-c2ccccc2C(=O)OC)cc1. The van der Waals surface area contributed by atoms with E-state index in [-0.39, 0.29) is 12.1 Å². The molecule has 1 aromatic heterocycles. The topological polar surface area (TPSA) is 45.7 Å². The number of methoxy groups -OCH3 is 1. The fourth-order valence-corrected chi connectivity index (χ4v) is 4.71. The summed E-state index contributed by atoms with van der Waals surface area (Å²) in [4.78, 5) is 21.7. The highest BCUT2D eigenvalue weighted by molar-refractivity contribution is 9.10. The van der Waals surface area contributed by atoms with Gasteiger partial charge in [0.25, 0.3) is 0 Å². The molecule has 0 spiro atoms. The van der Waals surface area contributed by atoms with Crippen LogP contribution in [0.15, 0.2) is 53.0 Å². The second kappa shape index (κ2) is 8.35. The minimum absolute atomic E-state index is 0.183. The Bertz CT molecular complexity index is 1140. The maximum atomic E-state index is 12.2. The van der Waals surface area contributed by atoms with Gasteiger partial charge >= 0.3 is 5.97 Å². The molecule has 0 fully saturated rings. The van der Waals surface area contributed by atoms with E-state index in [4.69, 9.17) is 9.72 Å². The van der Waals surface area contributed by atoms with E-state index in [0.717, 1.165) is 44.9 Å². The molecular formula is C25H26BrN3O2. The smallest absolute Gasteiger partial charge is 0.338 e. The molecule has 3 aromatic rings. The summed E-state index contributed by atoms with van der Waals surface area (Å²) in [5.74, 6) is 0.650. The number of fused-ring (bicyclic) bond motifs is 1. The first-order valence-corrected chi connectivity index (χ1v) is 11.1. The van der Waals surface area contributed by atoms with Gasteiger partial charge < -0.3 is 14.5 Å². The third kappa shape index (κ3) is 3.49. The molecule has 1 aliphatic heterocycles. The van der Waals surface area contributed by atoms with Crippen LogP contribution in [0.4, 0.5) is 17.2 Å². The van der Waals surface area contributed by atoms with Crippen molar-refractivity contribution in [2.75, 3.05) is 24.0 Å². The van der Waals surface area contributed by atoms with Gasteiger partial charge in [-0.1, -0.05) is 37.3 Å². The summed E-state index contributed by atoms with van der Waals surface area (Å²) < 4.78 is 6.01. The number of rotatable bonds is 4. The quantitative estimate of drug-likeness (QED) is 0.414. The highest BCUT2D eigenvalue weighted by Crippen LogP contribution is 2.47. The van der Waals surface area contributed by atoms with Gasteiger partial charge in [0.15, 0.2) is 5.82 Å². The van der Waals surface area contributed by atoms with E-state index in [1.165, 1.54) is 12.7 Å². The maximum Gasteiger partial charge on any atom is 0.338 e. The molecule has 1 unspecified atom stereocenters. The van der Waals surface area contributed by atoms with E-state index in [0.29, 0.717) is 5.56 Å². The van der Waals surface area contributed by atoms with Gasteiger partial charge in [-0.05, 0) is 71.1 Å². The number of esters is 1. The number of aryl methyl sites for hydroxylation is 1. The molecule has 5 nitrogen and oxygen atoms in total. The minimum atomic E-state index is -0.332. The molecule has 0 bridgehead atoms. The van der Waals surface area contributed by atoms with Crippen LogP contribution in [-0.4, -0.2) is 31.3 Å². The number of ether oxygens (including phenoxy) is 1.